The Balaban J connectivity index is 2.22. The summed E-state index contributed by atoms with van der Waals surface area (Å²) in [7, 11) is -3.78. The van der Waals surface area contributed by atoms with Crippen LogP contribution < -0.4 is 4.72 Å². The molecule has 6 nitrogen and oxygen atoms in total. The largest absolute Gasteiger partial charge is 0.468 e. The molecule has 2 aromatic heterocycles. The van der Waals surface area contributed by atoms with Gasteiger partial charge in [-0.3, -0.25) is 0 Å². The lowest BCUT2D eigenvalue weighted by Gasteiger charge is -2.13. The molecule has 0 aliphatic rings. The first-order chi connectivity index (χ1) is 8.63. The molecule has 18 heavy (non-hydrogen) atoms. The second kappa shape index (κ2) is 5.30. The molecular weight excluding hydrogens is 256 g/mol. The fraction of sp³-hybridized carbons (Fsp3) is 0.182. The van der Waals surface area contributed by atoms with Gasteiger partial charge in [-0.05, 0) is 24.3 Å². The van der Waals surface area contributed by atoms with Crippen molar-refractivity contribution in [3.05, 3.63) is 48.6 Å². The van der Waals surface area contributed by atoms with Crippen molar-refractivity contribution in [1.82, 2.24) is 9.71 Å². The highest BCUT2D eigenvalue weighted by Gasteiger charge is 2.23. The van der Waals surface area contributed by atoms with Crippen molar-refractivity contribution >= 4 is 10.0 Å². The molecule has 0 aliphatic carbocycles. The lowest BCUT2D eigenvalue weighted by atomic mass is 10.2. The van der Waals surface area contributed by atoms with Gasteiger partial charge in [-0.25, -0.2) is 13.4 Å². The quantitative estimate of drug-likeness (QED) is 0.832. The minimum absolute atomic E-state index is 0.102. The molecule has 0 aliphatic heterocycles. The second-order valence-electron chi connectivity index (χ2n) is 3.54. The average Bonchev–Trinajstić information content (AvgIpc) is 2.91. The molecule has 2 aromatic rings. The maximum atomic E-state index is 12.0. The molecular formula is C11H12N2O4S. The third-order valence-electron chi connectivity index (χ3n) is 2.28. The molecule has 0 bridgehead atoms. The van der Waals surface area contributed by atoms with Gasteiger partial charge in [0.15, 0.2) is 5.03 Å². The van der Waals surface area contributed by atoms with Crippen molar-refractivity contribution in [2.24, 2.45) is 0 Å². The predicted molar refractivity (Wildman–Crippen MR) is 63.1 cm³/mol. The number of aliphatic hydroxyl groups is 1. The Bertz CT molecular complexity index is 581. The van der Waals surface area contributed by atoms with Gasteiger partial charge in [0.1, 0.15) is 11.8 Å². The molecule has 1 atom stereocenters. The molecule has 2 N–H and O–H groups in total. The molecule has 0 fully saturated rings. The smallest absolute Gasteiger partial charge is 0.258 e. The first kappa shape index (κ1) is 12.7. The van der Waals surface area contributed by atoms with Crippen molar-refractivity contribution in [3.63, 3.8) is 0 Å². The van der Waals surface area contributed by atoms with Crippen LogP contribution in [0.15, 0.2) is 52.2 Å². The predicted octanol–water partition coefficient (Wildman–Crippen LogP) is 0.686. The summed E-state index contributed by atoms with van der Waals surface area (Å²) in [6.07, 6.45) is 2.79. The Morgan fingerprint density at radius 1 is 1.33 bits per heavy atom. The van der Waals surface area contributed by atoms with Crippen molar-refractivity contribution in [2.75, 3.05) is 6.61 Å². The van der Waals surface area contributed by atoms with Crippen LogP contribution in [0.25, 0.3) is 0 Å². The SMILES string of the molecule is O=S(=O)(NC(CO)c1ccco1)c1ccccn1. The minimum Gasteiger partial charge on any atom is -0.468 e. The van der Waals surface area contributed by atoms with Crippen LogP contribution in [0.4, 0.5) is 0 Å². The summed E-state index contributed by atoms with van der Waals surface area (Å²) >= 11 is 0. The van der Waals surface area contributed by atoms with Gasteiger partial charge in [-0.2, -0.15) is 4.72 Å². The average molecular weight is 268 g/mol. The number of hydrogen-bond acceptors (Lipinski definition) is 5. The maximum absolute atomic E-state index is 12.0. The zero-order valence-electron chi connectivity index (χ0n) is 9.35. The van der Waals surface area contributed by atoms with Gasteiger partial charge in [-0.15, -0.1) is 0 Å². The van der Waals surface area contributed by atoms with Crippen LogP contribution >= 0.6 is 0 Å². The van der Waals surface area contributed by atoms with Gasteiger partial charge in [0.2, 0.25) is 0 Å². The van der Waals surface area contributed by atoms with E-state index in [1.165, 1.54) is 18.5 Å². The lowest BCUT2D eigenvalue weighted by Crippen LogP contribution is -2.31. The lowest BCUT2D eigenvalue weighted by molar-refractivity contribution is 0.241. The van der Waals surface area contributed by atoms with Gasteiger partial charge in [0.25, 0.3) is 10.0 Å². The fourth-order valence-electron chi connectivity index (χ4n) is 1.43. The summed E-state index contributed by atoms with van der Waals surface area (Å²) in [5.74, 6) is 0.344. The zero-order chi connectivity index (χ0) is 13.0. The summed E-state index contributed by atoms with van der Waals surface area (Å²) in [5.41, 5.74) is 0. The van der Waals surface area contributed by atoms with E-state index in [2.05, 4.69) is 9.71 Å². The number of hydrogen-bond donors (Lipinski definition) is 2. The number of furan rings is 1. The van der Waals surface area contributed by atoms with Crippen molar-refractivity contribution in [3.8, 4) is 0 Å². The van der Waals surface area contributed by atoms with Gasteiger partial charge in [0, 0.05) is 6.20 Å². The standard InChI is InChI=1S/C11H12N2O4S/c14-8-9(10-4-3-7-17-10)13-18(15,16)11-5-1-2-6-12-11/h1-7,9,13-14H,8H2. The number of nitrogens with one attached hydrogen (secondary N) is 1. The zero-order valence-corrected chi connectivity index (χ0v) is 10.2. The summed E-state index contributed by atoms with van der Waals surface area (Å²) in [6.45, 7) is -0.403. The molecule has 0 amide bonds. The topological polar surface area (TPSA) is 92.4 Å². The Kier molecular flexibility index (Phi) is 3.75. The highest BCUT2D eigenvalue weighted by Crippen LogP contribution is 2.16. The monoisotopic (exact) mass is 268 g/mol. The van der Waals surface area contributed by atoms with Gasteiger partial charge >= 0.3 is 0 Å². The molecule has 7 heteroatoms. The molecule has 0 radical (unpaired) electrons. The summed E-state index contributed by atoms with van der Waals surface area (Å²) in [5, 5.41) is 9.10. The number of aromatic nitrogens is 1. The van der Waals surface area contributed by atoms with Crippen LogP contribution in [0, 0.1) is 0 Å². The third-order valence-corrected chi connectivity index (χ3v) is 3.67. The van der Waals surface area contributed by atoms with E-state index >= 15 is 0 Å². The molecule has 0 saturated carbocycles. The third kappa shape index (κ3) is 2.76. The van der Waals surface area contributed by atoms with E-state index in [1.807, 2.05) is 0 Å². The molecule has 1 unspecified atom stereocenters. The van der Waals surface area contributed by atoms with Gasteiger partial charge < -0.3 is 9.52 Å². The molecule has 0 spiro atoms. The Hall–Kier alpha value is -1.70. The maximum Gasteiger partial charge on any atom is 0.258 e. The minimum atomic E-state index is -3.78. The fourth-order valence-corrected chi connectivity index (χ4v) is 2.57. The Morgan fingerprint density at radius 2 is 2.17 bits per heavy atom. The van der Waals surface area contributed by atoms with Crippen LogP contribution in [0.3, 0.4) is 0 Å². The van der Waals surface area contributed by atoms with E-state index in [0.717, 1.165) is 0 Å². The van der Waals surface area contributed by atoms with E-state index in [4.69, 9.17) is 4.42 Å². The Morgan fingerprint density at radius 3 is 2.72 bits per heavy atom. The van der Waals surface area contributed by atoms with Crippen LogP contribution in [-0.4, -0.2) is 25.1 Å². The molecule has 96 valence electrons. The number of sulfonamides is 1. The van der Waals surface area contributed by atoms with E-state index in [0.29, 0.717) is 5.76 Å². The van der Waals surface area contributed by atoms with Crippen molar-refractivity contribution in [1.29, 1.82) is 0 Å². The highest BCUT2D eigenvalue weighted by atomic mass is 32.2. The first-order valence-electron chi connectivity index (χ1n) is 5.21. The number of aliphatic hydroxyl groups excluding tert-OH is 1. The number of nitrogens with zero attached hydrogens (tertiary/aromatic N) is 1. The molecule has 2 rings (SSSR count). The highest BCUT2D eigenvalue weighted by molar-refractivity contribution is 7.89. The van der Waals surface area contributed by atoms with Gasteiger partial charge in [-0.1, -0.05) is 6.07 Å². The normalized spacial score (nSPS) is 13.4. The number of rotatable bonds is 5. The van der Waals surface area contributed by atoms with E-state index in [-0.39, 0.29) is 5.03 Å². The van der Waals surface area contributed by atoms with Crippen LogP contribution in [0.2, 0.25) is 0 Å². The first-order valence-corrected chi connectivity index (χ1v) is 6.69. The number of pyridine rings is 1. The summed E-state index contributed by atoms with van der Waals surface area (Å²) < 4.78 is 31.3. The van der Waals surface area contributed by atoms with E-state index in [9.17, 15) is 13.5 Å². The van der Waals surface area contributed by atoms with Crippen LogP contribution in [0.1, 0.15) is 11.8 Å². The van der Waals surface area contributed by atoms with Crippen LogP contribution in [0.5, 0.6) is 0 Å². The Labute approximate surface area is 104 Å². The van der Waals surface area contributed by atoms with Crippen molar-refractivity contribution in [2.45, 2.75) is 11.1 Å². The van der Waals surface area contributed by atoms with Crippen molar-refractivity contribution < 1.29 is 17.9 Å². The summed E-state index contributed by atoms with van der Waals surface area (Å²) in [4.78, 5) is 3.76. The second-order valence-corrected chi connectivity index (χ2v) is 5.20. The molecule has 0 saturated heterocycles. The molecule has 0 aromatic carbocycles. The van der Waals surface area contributed by atoms with E-state index in [1.54, 1.807) is 24.3 Å². The van der Waals surface area contributed by atoms with Crippen LogP contribution in [-0.2, 0) is 10.0 Å². The molecule has 2 heterocycles. The van der Waals surface area contributed by atoms with Gasteiger partial charge in [0.05, 0.1) is 12.9 Å². The van der Waals surface area contributed by atoms with E-state index < -0.39 is 22.7 Å². The summed E-state index contributed by atoms with van der Waals surface area (Å²) in [6, 6.07) is 6.94.